The average Bonchev–Trinajstić information content (AvgIpc) is 2.89. The molecule has 4 fully saturated rings. The maximum atomic E-state index is 12.7. The van der Waals surface area contributed by atoms with Crippen LogP contribution in [0.25, 0.3) is 0 Å². The van der Waals surface area contributed by atoms with Crippen LogP contribution in [-0.2, 0) is 20.7 Å². The van der Waals surface area contributed by atoms with Gasteiger partial charge in [-0.2, -0.15) is 0 Å². The Morgan fingerprint density at radius 2 is 1.78 bits per heavy atom. The van der Waals surface area contributed by atoms with E-state index in [2.05, 4.69) is 10.5 Å². The molecule has 6 nitrogen and oxygen atoms in total. The van der Waals surface area contributed by atoms with Gasteiger partial charge in [-0.3, -0.25) is 9.59 Å². The summed E-state index contributed by atoms with van der Waals surface area (Å²) in [7, 11) is 0. The summed E-state index contributed by atoms with van der Waals surface area (Å²) in [5, 5.41) is 7.17. The summed E-state index contributed by atoms with van der Waals surface area (Å²) in [4.78, 5) is 24.9. The highest BCUT2D eigenvalue weighted by Crippen LogP contribution is 2.55. The Balaban J connectivity index is 1.28. The van der Waals surface area contributed by atoms with Crippen molar-refractivity contribution in [3.05, 3.63) is 17.0 Å². The van der Waals surface area contributed by atoms with Crippen molar-refractivity contribution in [2.75, 3.05) is 0 Å². The van der Waals surface area contributed by atoms with E-state index in [9.17, 15) is 9.59 Å². The van der Waals surface area contributed by atoms with E-state index in [1.165, 1.54) is 19.3 Å². The van der Waals surface area contributed by atoms with Crippen LogP contribution in [0, 0.1) is 31.6 Å². The number of amides is 1. The normalized spacial score (nSPS) is 32.3. The van der Waals surface area contributed by atoms with Gasteiger partial charge in [0.1, 0.15) is 5.76 Å². The van der Waals surface area contributed by atoms with Gasteiger partial charge in [0, 0.05) is 17.5 Å². The largest absolute Gasteiger partial charge is 0.453 e. The van der Waals surface area contributed by atoms with E-state index in [1.807, 2.05) is 13.8 Å². The molecule has 0 saturated heterocycles. The third-order valence-corrected chi connectivity index (χ3v) is 6.86. The Morgan fingerprint density at radius 3 is 2.30 bits per heavy atom. The zero-order valence-electron chi connectivity index (χ0n) is 16.5. The Bertz CT molecular complexity index is 684. The number of hydrogen-bond acceptors (Lipinski definition) is 5. The predicted octanol–water partition coefficient (Wildman–Crippen LogP) is 3.24. The second-order valence-electron chi connectivity index (χ2n) is 9.12. The lowest BCUT2D eigenvalue weighted by Crippen LogP contribution is -2.61. The number of aryl methyl sites for hydroxylation is 2. The molecule has 0 unspecified atom stereocenters. The van der Waals surface area contributed by atoms with E-state index in [0.29, 0.717) is 6.42 Å². The van der Waals surface area contributed by atoms with Crippen LogP contribution < -0.4 is 5.32 Å². The van der Waals surface area contributed by atoms with Crippen molar-refractivity contribution in [2.45, 2.75) is 83.8 Å². The molecule has 5 rings (SSSR count). The van der Waals surface area contributed by atoms with Gasteiger partial charge in [-0.15, -0.1) is 0 Å². The summed E-state index contributed by atoms with van der Waals surface area (Å²) < 4.78 is 10.5. The Kier molecular flexibility index (Phi) is 4.77. The molecule has 0 aliphatic heterocycles. The molecule has 4 bridgehead atoms. The number of carbonyl (C=O) groups excluding carboxylic acids is 2. The van der Waals surface area contributed by atoms with Crippen LogP contribution in [-0.4, -0.2) is 28.7 Å². The molecule has 1 aromatic rings. The predicted molar refractivity (Wildman–Crippen MR) is 98.9 cm³/mol. The van der Waals surface area contributed by atoms with Gasteiger partial charge < -0.3 is 14.6 Å². The number of hydrogen-bond donors (Lipinski definition) is 1. The number of aromatic nitrogens is 1. The van der Waals surface area contributed by atoms with Crippen molar-refractivity contribution in [2.24, 2.45) is 17.8 Å². The van der Waals surface area contributed by atoms with Crippen LogP contribution in [0.3, 0.4) is 0 Å². The van der Waals surface area contributed by atoms with E-state index < -0.39 is 6.10 Å². The van der Waals surface area contributed by atoms with E-state index >= 15 is 0 Å². The van der Waals surface area contributed by atoms with Crippen molar-refractivity contribution in [3.8, 4) is 0 Å². The van der Waals surface area contributed by atoms with Gasteiger partial charge in [-0.25, -0.2) is 0 Å². The van der Waals surface area contributed by atoms with E-state index in [-0.39, 0.29) is 23.8 Å². The topological polar surface area (TPSA) is 81.4 Å². The summed E-state index contributed by atoms with van der Waals surface area (Å²) in [6.07, 6.45) is 7.27. The van der Waals surface area contributed by atoms with Crippen LogP contribution in [0.1, 0.15) is 68.9 Å². The fraction of sp³-hybridized carbons (Fsp3) is 0.762. The van der Waals surface area contributed by atoms with Crippen LogP contribution in [0.5, 0.6) is 0 Å². The van der Waals surface area contributed by atoms with Gasteiger partial charge in [0.05, 0.1) is 5.69 Å². The molecule has 27 heavy (non-hydrogen) atoms. The molecule has 1 heterocycles. The number of rotatable bonds is 6. The third kappa shape index (κ3) is 3.76. The van der Waals surface area contributed by atoms with Gasteiger partial charge in [-0.1, -0.05) is 5.16 Å². The monoisotopic (exact) mass is 374 g/mol. The van der Waals surface area contributed by atoms with Crippen molar-refractivity contribution >= 4 is 11.9 Å². The number of esters is 1. The molecule has 4 aliphatic rings. The summed E-state index contributed by atoms with van der Waals surface area (Å²) >= 11 is 0. The zero-order chi connectivity index (χ0) is 19.2. The van der Waals surface area contributed by atoms with E-state index in [0.717, 1.165) is 54.0 Å². The second-order valence-corrected chi connectivity index (χ2v) is 9.12. The van der Waals surface area contributed by atoms with Crippen LogP contribution >= 0.6 is 0 Å². The third-order valence-electron chi connectivity index (χ3n) is 6.86. The zero-order valence-corrected chi connectivity index (χ0v) is 16.5. The molecule has 1 atom stereocenters. The van der Waals surface area contributed by atoms with Crippen LogP contribution in [0.2, 0.25) is 0 Å². The summed E-state index contributed by atoms with van der Waals surface area (Å²) in [5.74, 6) is 2.53. The summed E-state index contributed by atoms with van der Waals surface area (Å²) in [5.41, 5.74) is 1.69. The minimum Gasteiger partial charge on any atom is -0.453 e. The first-order valence-corrected chi connectivity index (χ1v) is 10.3. The second kappa shape index (κ2) is 6.95. The lowest BCUT2D eigenvalue weighted by Gasteiger charge is -2.57. The molecule has 1 N–H and O–H groups in total. The molecule has 1 amide bonds. The average molecular weight is 374 g/mol. The van der Waals surface area contributed by atoms with Gasteiger partial charge >= 0.3 is 5.97 Å². The SMILES string of the molecule is Cc1noc(C)c1CCC(=O)O[C@H](C)C(=O)NC12CC3CC(CC(C3)C1)C2. The van der Waals surface area contributed by atoms with Crippen LogP contribution in [0.4, 0.5) is 0 Å². The quantitative estimate of drug-likeness (QED) is 0.773. The first-order chi connectivity index (χ1) is 12.8. The Morgan fingerprint density at radius 1 is 1.19 bits per heavy atom. The molecule has 6 heteroatoms. The fourth-order valence-corrected chi connectivity index (χ4v) is 6.02. The molecule has 4 aliphatic carbocycles. The first-order valence-electron chi connectivity index (χ1n) is 10.3. The Labute approximate surface area is 160 Å². The molecule has 0 aromatic carbocycles. The summed E-state index contributed by atoms with van der Waals surface area (Å²) in [6.45, 7) is 5.37. The van der Waals surface area contributed by atoms with Crippen molar-refractivity contribution in [1.29, 1.82) is 0 Å². The first kappa shape index (κ1) is 18.5. The molecule has 0 radical (unpaired) electrons. The van der Waals surface area contributed by atoms with E-state index in [1.54, 1.807) is 6.92 Å². The molecule has 1 aromatic heterocycles. The molecule has 148 valence electrons. The number of ether oxygens (including phenoxy) is 1. The lowest BCUT2D eigenvalue weighted by molar-refractivity contribution is -0.156. The highest BCUT2D eigenvalue weighted by molar-refractivity contribution is 5.84. The number of nitrogens with zero attached hydrogens (tertiary/aromatic N) is 1. The lowest BCUT2D eigenvalue weighted by atomic mass is 9.53. The minimum atomic E-state index is -0.754. The van der Waals surface area contributed by atoms with Crippen molar-refractivity contribution in [3.63, 3.8) is 0 Å². The maximum Gasteiger partial charge on any atom is 0.306 e. The minimum absolute atomic E-state index is 0.0524. The molecule has 0 spiro atoms. The van der Waals surface area contributed by atoms with Gasteiger partial charge in [0.25, 0.3) is 5.91 Å². The van der Waals surface area contributed by atoms with Crippen molar-refractivity contribution in [1.82, 2.24) is 10.5 Å². The highest BCUT2D eigenvalue weighted by Gasteiger charge is 2.51. The summed E-state index contributed by atoms with van der Waals surface area (Å²) in [6, 6.07) is 0. The van der Waals surface area contributed by atoms with Gasteiger partial charge in [0.2, 0.25) is 0 Å². The van der Waals surface area contributed by atoms with Gasteiger partial charge in [-0.05, 0) is 83.5 Å². The number of nitrogens with one attached hydrogen (secondary N) is 1. The fourth-order valence-electron chi connectivity index (χ4n) is 6.02. The maximum absolute atomic E-state index is 12.7. The molecular formula is C21H30N2O4. The standard InChI is InChI=1S/C21H30N2O4/c1-12-18(13(2)27-23-12)4-5-19(24)26-14(3)20(25)22-21-9-15-6-16(10-21)8-17(7-15)11-21/h14-17H,4-11H2,1-3H3,(H,22,25)/t14-,15?,16?,17?,21?/m1/s1. The Hall–Kier alpha value is -1.85. The van der Waals surface area contributed by atoms with Crippen molar-refractivity contribution < 1.29 is 18.8 Å². The van der Waals surface area contributed by atoms with E-state index in [4.69, 9.17) is 9.26 Å². The smallest absolute Gasteiger partial charge is 0.306 e. The highest BCUT2D eigenvalue weighted by atomic mass is 16.5. The number of carbonyl (C=O) groups is 2. The van der Waals surface area contributed by atoms with Crippen LogP contribution in [0.15, 0.2) is 4.52 Å². The molecular weight excluding hydrogens is 344 g/mol. The molecule has 4 saturated carbocycles. The van der Waals surface area contributed by atoms with Gasteiger partial charge in [0.15, 0.2) is 6.10 Å².